The van der Waals surface area contributed by atoms with Crippen molar-refractivity contribution in [3.63, 3.8) is 0 Å². The van der Waals surface area contributed by atoms with E-state index in [1.807, 2.05) is 25.4 Å². The van der Waals surface area contributed by atoms with Gasteiger partial charge in [-0.2, -0.15) is 0 Å². The lowest BCUT2D eigenvalue weighted by Crippen LogP contribution is -2.28. The number of rotatable bonds is 4. The molecule has 24 heavy (non-hydrogen) atoms. The summed E-state index contributed by atoms with van der Waals surface area (Å²) in [5.41, 5.74) is 8.77. The Morgan fingerprint density at radius 3 is 3.00 bits per heavy atom. The van der Waals surface area contributed by atoms with Gasteiger partial charge in [0.15, 0.2) is 5.06 Å². The summed E-state index contributed by atoms with van der Waals surface area (Å²) >= 11 is 2.77. The van der Waals surface area contributed by atoms with Gasteiger partial charge in [0.1, 0.15) is 5.76 Å². The van der Waals surface area contributed by atoms with E-state index in [9.17, 15) is 4.79 Å². The molecule has 0 fully saturated rings. The Labute approximate surface area is 147 Å². The van der Waals surface area contributed by atoms with Gasteiger partial charge in [-0.1, -0.05) is 11.3 Å². The molecule has 1 aliphatic carbocycles. The van der Waals surface area contributed by atoms with Crippen molar-refractivity contribution in [2.45, 2.75) is 12.8 Å². The third kappa shape index (κ3) is 2.47. The number of carbonyl (C=O) groups excluding carboxylic acids is 1. The number of dihydropyridines is 1. The zero-order valence-corrected chi connectivity index (χ0v) is 14.6. The third-order valence-electron chi connectivity index (χ3n) is 4.10. The van der Waals surface area contributed by atoms with E-state index in [0.717, 1.165) is 45.5 Å². The van der Waals surface area contributed by atoms with Gasteiger partial charge in [0.05, 0.1) is 27.7 Å². The van der Waals surface area contributed by atoms with Crippen LogP contribution in [0.5, 0.6) is 5.06 Å². The number of aryl methyl sites for hydroxylation is 1. The van der Waals surface area contributed by atoms with Crippen LogP contribution in [-0.4, -0.2) is 23.9 Å². The molecule has 124 valence electrons. The summed E-state index contributed by atoms with van der Waals surface area (Å²) in [6.45, 7) is 0.584. The molecule has 3 heterocycles. The first-order valence-electron chi connectivity index (χ1n) is 7.57. The number of aromatic nitrogens is 1. The summed E-state index contributed by atoms with van der Waals surface area (Å²) in [5, 5.41) is 7.00. The fourth-order valence-corrected chi connectivity index (χ4v) is 4.94. The second-order valence-corrected chi connectivity index (χ2v) is 7.32. The number of carbonyl (C=O) groups is 1. The predicted molar refractivity (Wildman–Crippen MR) is 95.2 cm³/mol. The van der Waals surface area contributed by atoms with E-state index in [4.69, 9.17) is 10.5 Å². The molecule has 0 spiro atoms. The van der Waals surface area contributed by atoms with Crippen molar-refractivity contribution in [3.05, 3.63) is 45.9 Å². The van der Waals surface area contributed by atoms with E-state index < -0.39 is 5.91 Å². The predicted octanol–water partition coefficient (Wildman–Crippen LogP) is 2.00. The summed E-state index contributed by atoms with van der Waals surface area (Å²) in [6.07, 6.45) is 7.42. The van der Waals surface area contributed by atoms with E-state index in [1.54, 1.807) is 0 Å². The van der Waals surface area contributed by atoms with Gasteiger partial charge in [-0.05, 0) is 47.7 Å². The van der Waals surface area contributed by atoms with Crippen molar-refractivity contribution >= 4 is 28.8 Å². The SMILES string of the molecule is CNC1=CC=C(Oc2sc(C(N)=O)c3c2-c2sncc2CC3)CN1. The first kappa shape index (κ1) is 15.2. The van der Waals surface area contributed by atoms with Gasteiger partial charge in [0.25, 0.3) is 5.91 Å². The molecule has 2 aromatic rings. The molecular weight excluding hydrogens is 344 g/mol. The first-order valence-corrected chi connectivity index (χ1v) is 9.16. The lowest BCUT2D eigenvalue weighted by molar-refractivity contribution is 0.100. The van der Waals surface area contributed by atoms with Crippen LogP contribution in [0.25, 0.3) is 10.4 Å². The van der Waals surface area contributed by atoms with Gasteiger partial charge < -0.3 is 21.1 Å². The van der Waals surface area contributed by atoms with Crippen LogP contribution in [0.4, 0.5) is 0 Å². The standard InChI is InChI=1S/C16H16N4O2S2/c1-18-11-5-3-9(7-19-11)22-16-12-10(14(23-16)15(17)21)4-2-8-6-20-24-13(8)12/h3,5-6,18-19H,2,4,7H2,1H3,(H2,17,21). The number of primary amides is 1. The maximum atomic E-state index is 11.8. The molecule has 0 unspecified atom stereocenters. The van der Waals surface area contributed by atoms with Crippen molar-refractivity contribution < 1.29 is 9.53 Å². The van der Waals surface area contributed by atoms with Gasteiger partial charge in [-0.25, -0.2) is 4.37 Å². The van der Waals surface area contributed by atoms with E-state index in [2.05, 4.69) is 15.0 Å². The zero-order chi connectivity index (χ0) is 16.7. The van der Waals surface area contributed by atoms with Crippen LogP contribution >= 0.6 is 22.9 Å². The number of fused-ring (bicyclic) bond motifs is 3. The molecular formula is C16H16N4O2S2. The van der Waals surface area contributed by atoms with Gasteiger partial charge in [-0.3, -0.25) is 4.79 Å². The first-order chi connectivity index (χ1) is 11.7. The zero-order valence-electron chi connectivity index (χ0n) is 13.0. The number of nitrogens with zero attached hydrogens (tertiary/aromatic N) is 1. The highest BCUT2D eigenvalue weighted by Crippen LogP contribution is 2.49. The van der Waals surface area contributed by atoms with Crippen LogP contribution in [0.2, 0.25) is 0 Å². The molecule has 6 nitrogen and oxygen atoms in total. The summed E-state index contributed by atoms with van der Waals surface area (Å²) in [5.74, 6) is 1.34. The number of nitrogens with two attached hydrogens (primary N) is 1. The summed E-state index contributed by atoms with van der Waals surface area (Å²) < 4.78 is 10.4. The smallest absolute Gasteiger partial charge is 0.259 e. The second-order valence-electron chi connectivity index (χ2n) is 5.54. The molecule has 1 amide bonds. The Kier molecular flexibility index (Phi) is 3.78. The Morgan fingerprint density at radius 2 is 2.29 bits per heavy atom. The van der Waals surface area contributed by atoms with Crippen LogP contribution in [0.3, 0.4) is 0 Å². The number of nitrogens with one attached hydrogen (secondary N) is 2. The summed E-state index contributed by atoms with van der Waals surface area (Å²) in [7, 11) is 1.86. The van der Waals surface area contributed by atoms with Gasteiger partial charge in [0.2, 0.25) is 0 Å². The minimum atomic E-state index is -0.396. The molecule has 2 aromatic heterocycles. The third-order valence-corrected chi connectivity index (χ3v) is 6.08. The monoisotopic (exact) mass is 360 g/mol. The van der Waals surface area contributed by atoms with Crippen LogP contribution < -0.4 is 21.1 Å². The molecule has 1 aliphatic heterocycles. The Morgan fingerprint density at radius 1 is 1.42 bits per heavy atom. The fraction of sp³-hybridized carbons (Fsp3) is 0.250. The molecule has 0 saturated heterocycles. The molecule has 0 bridgehead atoms. The molecule has 8 heteroatoms. The quantitative estimate of drug-likeness (QED) is 0.776. The lowest BCUT2D eigenvalue weighted by atomic mass is 9.93. The molecule has 2 aliphatic rings. The summed E-state index contributed by atoms with van der Waals surface area (Å²) in [6, 6.07) is 0. The van der Waals surface area contributed by atoms with Crippen molar-refractivity contribution in [2.75, 3.05) is 13.6 Å². The van der Waals surface area contributed by atoms with Crippen molar-refractivity contribution in [1.82, 2.24) is 15.0 Å². The van der Waals surface area contributed by atoms with Crippen LogP contribution in [0.15, 0.2) is 29.9 Å². The van der Waals surface area contributed by atoms with Crippen LogP contribution in [0.1, 0.15) is 20.8 Å². The average molecular weight is 360 g/mol. The molecule has 0 radical (unpaired) electrons. The van der Waals surface area contributed by atoms with Crippen molar-refractivity contribution in [2.24, 2.45) is 5.73 Å². The largest absolute Gasteiger partial charge is 0.448 e. The average Bonchev–Trinajstić information content (AvgIpc) is 3.19. The highest BCUT2D eigenvalue weighted by molar-refractivity contribution is 7.17. The number of hydrogen-bond donors (Lipinski definition) is 3. The van der Waals surface area contributed by atoms with E-state index in [1.165, 1.54) is 28.4 Å². The lowest BCUT2D eigenvalue weighted by Gasteiger charge is -2.18. The molecule has 4 rings (SSSR count). The van der Waals surface area contributed by atoms with Crippen LogP contribution in [-0.2, 0) is 12.8 Å². The molecule has 4 N–H and O–H groups in total. The molecule has 0 saturated carbocycles. The highest BCUT2D eigenvalue weighted by atomic mass is 32.1. The Bertz CT molecular complexity index is 879. The second kappa shape index (κ2) is 5.95. The van der Waals surface area contributed by atoms with Gasteiger partial charge >= 0.3 is 0 Å². The Balaban J connectivity index is 1.76. The molecule has 0 aromatic carbocycles. The topological polar surface area (TPSA) is 89.3 Å². The number of hydrogen-bond acceptors (Lipinski definition) is 7. The van der Waals surface area contributed by atoms with E-state index in [0.29, 0.717) is 11.4 Å². The summed E-state index contributed by atoms with van der Waals surface area (Å²) in [4.78, 5) is 13.5. The maximum Gasteiger partial charge on any atom is 0.259 e. The van der Waals surface area contributed by atoms with Crippen molar-refractivity contribution in [1.29, 1.82) is 0 Å². The fourth-order valence-electron chi connectivity index (χ4n) is 2.92. The highest BCUT2D eigenvalue weighted by Gasteiger charge is 2.30. The number of allylic oxidation sites excluding steroid dienone is 2. The van der Waals surface area contributed by atoms with Crippen LogP contribution in [0, 0.1) is 0 Å². The van der Waals surface area contributed by atoms with Gasteiger partial charge in [0, 0.05) is 13.2 Å². The number of amides is 1. The number of ether oxygens (including phenoxy) is 1. The van der Waals surface area contributed by atoms with Gasteiger partial charge in [-0.15, -0.1) is 0 Å². The van der Waals surface area contributed by atoms with E-state index in [-0.39, 0.29) is 0 Å². The van der Waals surface area contributed by atoms with Crippen molar-refractivity contribution in [3.8, 4) is 15.5 Å². The Hall–Kier alpha value is -2.32. The minimum Gasteiger partial charge on any atom is -0.448 e. The number of thiophene rings is 1. The minimum absolute atomic E-state index is 0.396. The van der Waals surface area contributed by atoms with E-state index >= 15 is 0 Å². The normalized spacial score (nSPS) is 15.5. The molecule has 0 atom stereocenters. The maximum absolute atomic E-state index is 11.8.